The van der Waals surface area contributed by atoms with Crippen LogP contribution in [0, 0.1) is 0 Å². The van der Waals surface area contributed by atoms with Gasteiger partial charge in [0.05, 0.1) is 16.7 Å². The van der Waals surface area contributed by atoms with E-state index in [1.165, 1.54) is 9.13 Å². The molecule has 4 rings (SSSR count). The lowest BCUT2D eigenvalue weighted by atomic mass is 10.2. The molecule has 0 spiro atoms. The summed E-state index contributed by atoms with van der Waals surface area (Å²) in [6.45, 7) is 2.99. The molecule has 12 nitrogen and oxygen atoms in total. The van der Waals surface area contributed by atoms with Gasteiger partial charge in [-0.25, -0.2) is 4.79 Å². The maximum Gasteiger partial charge on any atom is 0.329 e. The minimum atomic E-state index is -0.825. The van der Waals surface area contributed by atoms with Crippen molar-refractivity contribution in [3.05, 3.63) is 61.0 Å². The molecule has 0 atom stereocenters. The number of hydrogen-bond donors (Lipinski definition) is 2. The van der Waals surface area contributed by atoms with E-state index >= 15 is 0 Å². The highest BCUT2D eigenvalue weighted by Gasteiger charge is 2.22. The molecule has 3 N–H and O–H groups in total. The standard InChI is InChI=1S/C22H25N7O5S/c1-3-9-27-17(23)16(18(31)24-21(27)33)15(30)12-35-22-26-25-20-28(10-6-11-34-2)19(32)13-7-4-5-8-14(13)29(20)22/h4-5,7-8H,3,6,9-12,23H2,1-2H3,(H,24,31,33). The Morgan fingerprint density at radius 3 is 2.66 bits per heavy atom. The highest BCUT2D eigenvalue weighted by atomic mass is 32.2. The van der Waals surface area contributed by atoms with E-state index in [1.54, 1.807) is 35.8 Å². The average molecular weight is 500 g/mol. The fourth-order valence-corrected chi connectivity index (χ4v) is 4.71. The Balaban J connectivity index is 1.73. The Morgan fingerprint density at radius 1 is 1.14 bits per heavy atom. The Kier molecular flexibility index (Phi) is 7.17. The lowest BCUT2D eigenvalue weighted by Crippen LogP contribution is -2.36. The van der Waals surface area contributed by atoms with Crippen LogP contribution >= 0.6 is 11.8 Å². The van der Waals surface area contributed by atoms with E-state index in [-0.39, 0.29) is 29.2 Å². The van der Waals surface area contributed by atoms with E-state index in [0.29, 0.717) is 47.8 Å². The highest BCUT2D eigenvalue weighted by Crippen LogP contribution is 2.23. The molecular formula is C22H25N7O5S. The van der Waals surface area contributed by atoms with E-state index < -0.39 is 17.0 Å². The van der Waals surface area contributed by atoms with Gasteiger partial charge in [0.15, 0.2) is 10.9 Å². The van der Waals surface area contributed by atoms with Crippen LogP contribution in [0.2, 0.25) is 0 Å². The van der Waals surface area contributed by atoms with Crippen LogP contribution < -0.4 is 22.5 Å². The van der Waals surface area contributed by atoms with Crippen LogP contribution in [0.15, 0.2) is 43.8 Å². The van der Waals surface area contributed by atoms with E-state index in [4.69, 9.17) is 10.5 Å². The number of anilines is 1. The number of hydrogen-bond acceptors (Lipinski definition) is 9. The Labute approximate surface area is 202 Å². The number of Topliss-reactive ketones (excluding diaryl/α,β-unsaturated/α-hetero) is 1. The molecule has 4 aromatic rings. The van der Waals surface area contributed by atoms with Crippen LogP contribution in [0.1, 0.15) is 30.1 Å². The number of H-pyrrole nitrogens is 1. The van der Waals surface area contributed by atoms with Crippen LogP contribution in [0.5, 0.6) is 0 Å². The Morgan fingerprint density at radius 2 is 1.91 bits per heavy atom. The molecule has 0 saturated carbocycles. The summed E-state index contributed by atoms with van der Waals surface area (Å²) < 4.78 is 9.53. The SMILES string of the molecule is CCCn1c(N)c(C(=O)CSc2nnc3n(CCCOC)c(=O)c4ccccc4n23)c(=O)[nH]c1=O. The second-order valence-corrected chi connectivity index (χ2v) is 8.76. The van der Waals surface area contributed by atoms with E-state index in [1.807, 2.05) is 6.92 Å². The molecule has 0 unspecified atom stereocenters. The first kappa shape index (κ1) is 24.4. The number of para-hydroxylation sites is 1. The molecule has 0 radical (unpaired) electrons. The number of ketones is 1. The van der Waals surface area contributed by atoms with Gasteiger partial charge in [0.25, 0.3) is 11.1 Å². The molecule has 184 valence electrons. The maximum absolute atomic E-state index is 13.1. The summed E-state index contributed by atoms with van der Waals surface area (Å²) in [7, 11) is 1.59. The third-order valence-corrected chi connectivity index (χ3v) is 6.44. The van der Waals surface area contributed by atoms with Crippen molar-refractivity contribution in [2.45, 2.75) is 38.0 Å². The number of carbonyl (C=O) groups is 1. The van der Waals surface area contributed by atoms with Crippen molar-refractivity contribution in [1.82, 2.24) is 28.7 Å². The van der Waals surface area contributed by atoms with Crippen molar-refractivity contribution in [3.63, 3.8) is 0 Å². The van der Waals surface area contributed by atoms with Crippen LogP contribution in [-0.2, 0) is 17.8 Å². The number of nitrogen functional groups attached to an aromatic ring is 1. The van der Waals surface area contributed by atoms with Crippen LogP contribution in [0.3, 0.4) is 0 Å². The van der Waals surface area contributed by atoms with Gasteiger partial charge in [-0.1, -0.05) is 30.8 Å². The molecule has 0 fully saturated rings. The van der Waals surface area contributed by atoms with Gasteiger partial charge in [-0.05, 0) is 25.0 Å². The molecule has 3 heterocycles. The smallest absolute Gasteiger partial charge is 0.329 e. The first-order valence-electron chi connectivity index (χ1n) is 11.0. The normalized spacial score (nSPS) is 11.5. The van der Waals surface area contributed by atoms with Gasteiger partial charge in [-0.15, -0.1) is 10.2 Å². The summed E-state index contributed by atoms with van der Waals surface area (Å²) in [5, 5.41) is 9.28. The van der Waals surface area contributed by atoms with E-state index in [2.05, 4.69) is 15.2 Å². The Hall–Kier alpha value is -3.71. The number of aromatic nitrogens is 6. The predicted molar refractivity (Wildman–Crippen MR) is 132 cm³/mol. The molecule has 13 heteroatoms. The number of aromatic amines is 1. The third-order valence-electron chi connectivity index (χ3n) is 5.51. The van der Waals surface area contributed by atoms with Gasteiger partial charge in [-0.3, -0.25) is 32.9 Å². The van der Waals surface area contributed by atoms with Gasteiger partial charge in [0.2, 0.25) is 5.78 Å². The second-order valence-electron chi connectivity index (χ2n) is 7.82. The molecule has 3 aromatic heterocycles. The predicted octanol–water partition coefficient (Wildman–Crippen LogP) is 0.898. The number of nitrogens with zero attached hydrogens (tertiary/aromatic N) is 5. The minimum Gasteiger partial charge on any atom is -0.385 e. The molecule has 1 aromatic carbocycles. The minimum absolute atomic E-state index is 0.158. The number of carbonyl (C=O) groups excluding carboxylic acids is 1. The average Bonchev–Trinajstić information content (AvgIpc) is 3.26. The molecular weight excluding hydrogens is 474 g/mol. The molecule has 0 aliphatic heterocycles. The van der Waals surface area contributed by atoms with Gasteiger partial charge >= 0.3 is 5.69 Å². The number of ether oxygens (including phenoxy) is 1. The summed E-state index contributed by atoms with van der Waals surface area (Å²) in [6, 6.07) is 7.08. The number of methoxy groups -OCH3 is 1. The van der Waals surface area contributed by atoms with Gasteiger partial charge in [0, 0.05) is 26.8 Å². The zero-order valence-corrected chi connectivity index (χ0v) is 20.1. The summed E-state index contributed by atoms with van der Waals surface area (Å²) in [5.74, 6) is -0.536. The number of fused-ring (bicyclic) bond motifs is 3. The van der Waals surface area contributed by atoms with Crippen LogP contribution in [0.25, 0.3) is 16.7 Å². The number of rotatable bonds is 10. The maximum atomic E-state index is 13.1. The number of aryl methyl sites for hydroxylation is 1. The van der Waals surface area contributed by atoms with Crippen molar-refractivity contribution in [2.24, 2.45) is 0 Å². The highest BCUT2D eigenvalue weighted by molar-refractivity contribution is 7.99. The van der Waals surface area contributed by atoms with E-state index in [9.17, 15) is 19.2 Å². The van der Waals surface area contributed by atoms with Crippen molar-refractivity contribution in [2.75, 3.05) is 25.2 Å². The number of nitrogens with one attached hydrogen (secondary N) is 1. The number of nitrogens with two attached hydrogens (primary N) is 1. The quantitative estimate of drug-likeness (QED) is 0.184. The fraction of sp³-hybridized carbons (Fsp3) is 0.364. The Bertz CT molecular complexity index is 1580. The number of thioether (sulfide) groups is 1. The summed E-state index contributed by atoms with van der Waals surface area (Å²) in [4.78, 5) is 52.6. The molecule has 0 bridgehead atoms. The molecule has 0 aliphatic carbocycles. The summed E-state index contributed by atoms with van der Waals surface area (Å²) in [5.41, 5.74) is 4.68. The van der Waals surface area contributed by atoms with Crippen molar-refractivity contribution >= 4 is 40.0 Å². The first-order chi connectivity index (χ1) is 16.9. The lowest BCUT2D eigenvalue weighted by Gasteiger charge is -2.12. The zero-order chi connectivity index (χ0) is 25.1. The molecule has 35 heavy (non-hydrogen) atoms. The molecule has 0 amide bonds. The van der Waals surface area contributed by atoms with Gasteiger partial charge in [0.1, 0.15) is 11.4 Å². The summed E-state index contributed by atoms with van der Waals surface area (Å²) in [6.07, 6.45) is 1.21. The van der Waals surface area contributed by atoms with Crippen LogP contribution in [0.4, 0.5) is 5.82 Å². The zero-order valence-electron chi connectivity index (χ0n) is 19.3. The molecule has 0 saturated heterocycles. The third kappa shape index (κ3) is 4.51. The number of benzene rings is 1. The topological polar surface area (TPSA) is 159 Å². The van der Waals surface area contributed by atoms with Crippen LogP contribution in [-0.4, -0.2) is 54.0 Å². The van der Waals surface area contributed by atoms with Crippen molar-refractivity contribution < 1.29 is 9.53 Å². The van der Waals surface area contributed by atoms with Crippen molar-refractivity contribution in [1.29, 1.82) is 0 Å². The van der Waals surface area contributed by atoms with Gasteiger partial charge < -0.3 is 10.5 Å². The monoisotopic (exact) mass is 499 g/mol. The summed E-state index contributed by atoms with van der Waals surface area (Å²) >= 11 is 1.06. The van der Waals surface area contributed by atoms with Gasteiger partial charge in [-0.2, -0.15) is 0 Å². The molecule has 0 aliphatic rings. The largest absolute Gasteiger partial charge is 0.385 e. The fourth-order valence-electron chi connectivity index (χ4n) is 3.90. The lowest BCUT2D eigenvalue weighted by molar-refractivity contribution is 0.102. The second kappa shape index (κ2) is 10.3. The van der Waals surface area contributed by atoms with E-state index in [0.717, 1.165) is 11.8 Å². The first-order valence-corrected chi connectivity index (χ1v) is 12.0. The van der Waals surface area contributed by atoms with Crippen molar-refractivity contribution in [3.8, 4) is 0 Å².